The van der Waals surface area contributed by atoms with Crippen molar-refractivity contribution in [2.75, 3.05) is 5.32 Å². The minimum Gasteiger partial charge on any atom is -0.317 e. The van der Waals surface area contributed by atoms with Crippen molar-refractivity contribution in [2.45, 2.75) is 20.0 Å². The number of hydrogen-bond donors (Lipinski definition) is 2. The highest BCUT2D eigenvalue weighted by molar-refractivity contribution is 7.15. The number of urea groups is 1. The van der Waals surface area contributed by atoms with Crippen LogP contribution in [-0.4, -0.2) is 39.1 Å². The summed E-state index contributed by atoms with van der Waals surface area (Å²) >= 11 is 1.22. The Balaban J connectivity index is 1.69. The summed E-state index contributed by atoms with van der Waals surface area (Å²) in [6, 6.07) is 6.00. The summed E-state index contributed by atoms with van der Waals surface area (Å²) in [5.74, 6) is -0.852. The Hall–Kier alpha value is -2.81. The van der Waals surface area contributed by atoms with E-state index < -0.39 is 24.0 Å². The number of benzene rings is 1. The van der Waals surface area contributed by atoms with Gasteiger partial charge in [0.25, 0.3) is 11.8 Å². The number of nitrogens with one attached hydrogen (secondary N) is 2. The number of imide groups is 1. The van der Waals surface area contributed by atoms with Crippen molar-refractivity contribution in [3.63, 3.8) is 0 Å². The lowest BCUT2D eigenvalue weighted by molar-refractivity contribution is 0.0581. The van der Waals surface area contributed by atoms with Crippen LogP contribution in [0, 0.1) is 6.92 Å². The number of fused-ring (bicyclic) bond motifs is 1. The van der Waals surface area contributed by atoms with Crippen molar-refractivity contribution in [3.05, 3.63) is 40.4 Å². The Bertz CT molecular complexity index is 768. The number of aryl methyl sites for hydroxylation is 1. The molecule has 1 aliphatic rings. The topological polar surface area (TPSA) is 104 Å². The first-order chi connectivity index (χ1) is 11.0. The van der Waals surface area contributed by atoms with Crippen LogP contribution >= 0.6 is 11.3 Å². The zero-order chi connectivity index (χ0) is 16.6. The van der Waals surface area contributed by atoms with Crippen LogP contribution in [0.1, 0.15) is 32.6 Å². The number of anilines is 1. The highest BCUT2D eigenvalue weighted by Crippen LogP contribution is 2.23. The molecule has 2 N–H and O–H groups in total. The normalized spacial score (nSPS) is 14.6. The lowest BCUT2D eigenvalue weighted by atomic mass is 10.1. The van der Waals surface area contributed by atoms with Gasteiger partial charge in [0.15, 0.2) is 0 Å². The smallest absolute Gasteiger partial charge is 0.317 e. The second-order valence-corrected chi connectivity index (χ2v) is 6.11. The van der Waals surface area contributed by atoms with Crippen LogP contribution in [-0.2, 0) is 0 Å². The number of hydrogen-bond acceptors (Lipinski definition) is 6. The first kappa shape index (κ1) is 15.1. The molecule has 1 aromatic heterocycles. The first-order valence-electron chi connectivity index (χ1n) is 6.82. The Labute approximate surface area is 135 Å². The summed E-state index contributed by atoms with van der Waals surface area (Å²) in [6.45, 7) is 3.33. The standard InChI is InChI=1S/C14H13N5O3S/c1-7(15-13(22)16-14-18-17-8(2)23-14)19-11(20)9-5-3-4-6-10(9)12(19)21/h3-7H,1-2H3,(H2,15,16,18,22). The summed E-state index contributed by atoms with van der Waals surface area (Å²) in [5.41, 5.74) is 0.678. The fraction of sp³-hybridized carbons (Fsp3) is 0.214. The van der Waals surface area contributed by atoms with Crippen molar-refractivity contribution >= 4 is 34.3 Å². The van der Waals surface area contributed by atoms with Gasteiger partial charge in [-0.25, -0.2) is 4.79 Å². The lowest BCUT2D eigenvalue weighted by Crippen LogP contribution is -2.50. The molecule has 0 saturated heterocycles. The zero-order valence-electron chi connectivity index (χ0n) is 12.4. The van der Waals surface area contributed by atoms with Gasteiger partial charge in [0.2, 0.25) is 5.13 Å². The molecule has 0 aliphatic carbocycles. The molecule has 0 fully saturated rings. The molecule has 0 radical (unpaired) electrons. The SMILES string of the molecule is Cc1nnc(NC(=O)NC(C)N2C(=O)c3ccccc3C2=O)s1. The average Bonchev–Trinajstić information content (AvgIpc) is 3.02. The fourth-order valence-corrected chi connectivity index (χ4v) is 2.88. The van der Waals surface area contributed by atoms with Crippen LogP contribution in [0.2, 0.25) is 0 Å². The van der Waals surface area contributed by atoms with Crippen molar-refractivity contribution < 1.29 is 14.4 Å². The number of nitrogens with zero attached hydrogens (tertiary/aromatic N) is 3. The highest BCUT2D eigenvalue weighted by Gasteiger charge is 2.38. The molecule has 0 bridgehead atoms. The number of carbonyl (C=O) groups excluding carboxylic acids is 3. The summed E-state index contributed by atoms with van der Waals surface area (Å²) in [7, 11) is 0. The molecule has 0 saturated carbocycles. The average molecular weight is 331 g/mol. The van der Waals surface area contributed by atoms with E-state index in [9.17, 15) is 14.4 Å². The maximum absolute atomic E-state index is 12.3. The molecule has 8 nitrogen and oxygen atoms in total. The van der Waals surface area contributed by atoms with E-state index in [1.165, 1.54) is 11.3 Å². The van der Waals surface area contributed by atoms with Gasteiger partial charge in [0, 0.05) is 0 Å². The highest BCUT2D eigenvalue weighted by atomic mass is 32.1. The molecule has 1 aliphatic heterocycles. The molecular formula is C14H13N5O3S. The van der Waals surface area contributed by atoms with Gasteiger partial charge < -0.3 is 5.32 Å². The zero-order valence-corrected chi connectivity index (χ0v) is 13.2. The third-order valence-electron chi connectivity index (χ3n) is 3.30. The third kappa shape index (κ3) is 2.78. The van der Waals surface area contributed by atoms with Gasteiger partial charge in [-0.2, -0.15) is 0 Å². The van der Waals surface area contributed by atoms with Crippen LogP contribution in [0.5, 0.6) is 0 Å². The summed E-state index contributed by atoms with van der Waals surface area (Å²) < 4.78 is 0. The molecule has 1 unspecified atom stereocenters. The molecule has 1 aromatic carbocycles. The Morgan fingerprint density at radius 3 is 2.30 bits per heavy atom. The number of amides is 4. The lowest BCUT2D eigenvalue weighted by Gasteiger charge is -2.23. The van der Waals surface area contributed by atoms with Gasteiger partial charge in [-0.05, 0) is 26.0 Å². The molecule has 0 spiro atoms. The molecule has 23 heavy (non-hydrogen) atoms. The molecule has 9 heteroatoms. The van der Waals surface area contributed by atoms with Crippen LogP contribution < -0.4 is 10.6 Å². The van der Waals surface area contributed by atoms with Crippen LogP contribution in [0.3, 0.4) is 0 Å². The molecular weight excluding hydrogens is 318 g/mol. The van der Waals surface area contributed by atoms with Gasteiger partial charge in [-0.3, -0.25) is 19.8 Å². The summed E-state index contributed by atoms with van der Waals surface area (Å²) in [4.78, 5) is 37.6. The van der Waals surface area contributed by atoms with E-state index >= 15 is 0 Å². The molecule has 3 rings (SSSR count). The summed E-state index contributed by atoms with van der Waals surface area (Å²) in [6.07, 6.45) is -0.795. The van der Waals surface area contributed by atoms with Crippen molar-refractivity contribution in [1.82, 2.24) is 20.4 Å². The molecule has 1 atom stereocenters. The fourth-order valence-electron chi connectivity index (χ4n) is 2.29. The second kappa shape index (κ2) is 5.76. The largest absolute Gasteiger partial charge is 0.322 e. The maximum Gasteiger partial charge on any atom is 0.322 e. The number of rotatable bonds is 3. The van der Waals surface area contributed by atoms with E-state index in [2.05, 4.69) is 20.8 Å². The van der Waals surface area contributed by atoms with Crippen LogP contribution in [0.4, 0.5) is 9.93 Å². The van der Waals surface area contributed by atoms with E-state index in [0.717, 1.165) is 4.90 Å². The Kier molecular flexibility index (Phi) is 3.78. The summed E-state index contributed by atoms with van der Waals surface area (Å²) in [5, 5.41) is 13.7. The maximum atomic E-state index is 12.3. The number of aromatic nitrogens is 2. The molecule has 118 valence electrons. The quantitative estimate of drug-likeness (QED) is 0.832. The van der Waals surface area contributed by atoms with Crippen molar-refractivity contribution in [1.29, 1.82) is 0 Å². The minimum absolute atomic E-state index is 0.339. The first-order valence-corrected chi connectivity index (χ1v) is 7.63. The van der Waals surface area contributed by atoms with E-state index in [1.54, 1.807) is 38.1 Å². The van der Waals surface area contributed by atoms with Gasteiger partial charge >= 0.3 is 6.03 Å². The van der Waals surface area contributed by atoms with Crippen LogP contribution in [0.15, 0.2) is 24.3 Å². The van der Waals surface area contributed by atoms with Crippen LogP contribution in [0.25, 0.3) is 0 Å². The van der Waals surface area contributed by atoms with Crippen molar-refractivity contribution in [3.8, 4) is 0 Å². The van der Waals surface area contributed by atoms with E-state index in [4.69, 9.17) is 0 Å². The van der Waals surface area contributed by atoms with Crippen molar-refractivity contribution in [2.24, 2.45) is 0 Å². The van der Waals surface area contributed by atoms with E-state index in [-0.39, 0.29) is 0 Å². The van der Waals surface area contributed by atoms with Gasteiger partial charge in [-0.15, -0.1) is 10.2 Å². The minimum atomic E-state index is -0.795. The molecule has 2 aromatic rings. The molecule has 4 amide bonds. The predicted molar refractivity (Wildman–Crippen MR) is 83.2 cm³/mol. The Morgan fingerprint density at radius 2 is 1.78 bits per heavy atom. The third-order valence-corrected chi connectivity index (χ3v) is 4.05. The van der Waals surface area contributed by atoms with E-state index in [1.807, 2.05) is 0 Å². The predicted octanol–water partition coefficient (Wildman–Crippen LogP) is 1.61. The van der Waals surface area contributed by atoms with E-state index in [0.29, 0.717) is 21.3 Å². The monoisotopic (exact) mass is 331 g/mol. The van der Waals surface area contributed by atoms with Gasteiger partial charge in [0.1, 0.15) is 11.2 Å². The van der Waals surface area contributed by atoms with Gasteiger partial charge in [0.05, 0.1) is 11.1 Å². The number of carbonyl (C=O) groups is 3. The molecule has 2 heterocycles. The second-order valence-electron chi connectivity index (χ2n) is 4.93. The van der Waals surface area contributed by atoms with Gasteiger partial charge in [-0.1, -0.05) is 23.5 Å². The Morgan fingerprint density at radius 1 is 1.17 bits per heavy atom.